The van der Waals surface area contributed by atoms with Crippen molar-refractivity contribution >= 4 is 22.8 Å². The summed E-state index contributed by atoms with van der Waals surface area (Å²) in [6.45, 7) is 14.4. The van der Waals surface area contributed by atoms with Gasteiger partial charge in [-0.25, -0.2) is 0 Å². The summed E-state index contributed by atoms with van der Waals surface area (Å²) in [6.07, 6.45) is 5.60. The highest BCUT2D eigenvalue weighted by molar-refractivity contribution is 8.14. The van der Waals surface area contributed by atoms with Gasteiger partial charge in [0.2, 0.25) is 5.91 Å². The van der Waals surface area contributed by atoms with Gasteiger partial charge < -0.3 is 15.9 Å². The van der Waals surface area contributed by atoms with Gasteiger partial charge in [0.05, 0.1) is 0 Å². The molecular weight excluding hydrogens is 551 g/mol. The first kappa shape index (κ1) is 33.6. The molecule has 41 heavy (non-hydrogen) atoms. The smallest absolute Gasteiger partial charge is 0.396 e. The van der Waals surface area contributed by atoms with Crippen LogP contribution >= 0.6 is 11.8 Å². The maximum Gasteiger partial charge on any atom is 0.396 e. The van der Waals surface area contributed by atoms with E-state index >= 15 is 0 Å². The molecule has 2 saturated carbocycles. The van der Waals surface area contributed by atoms with E-state index in [-0.39, 0.29) is 39.6 Å². The molecule has 0 bridgehead atoms. The molecule has 0 spiro atoms. The quantitative estimate of drug-likeness (QED) is 0.283. The van der Waals surface area contributed by atoms with Gasteiger partial charge in [0, 0.05) is 10.7 Å². The van der Waals surface area contributed by atoms with Crippen LogP contribution in [0.25, 0.3) is 0 Å². The Bertz CT molecular complexity index is 1140. The fourth-order valence-electron chi connectivity index (χ4n) is 7.86. The summed E-state index contributed by atoms with van der Waals surface area (Å²) < 4.78 is 39.2. The molecule has 3 rings (SSSR count). The zero-order valence-corrected chi connectivity index (χ0v) is 26.4. The Morgan fingerprint density at radius 2 is 1.71 bits per heavy atom. The number of thioether (sulfide) groups is 1. The average molecular weight is 600 g/mol. The Morgan fingerprint density at radius 3 is 2.29 bits per heavy atom. The fourth-order valence-corrected chi connectivity index (χ4v) is 9.00. The molecule has 0 radical (unpaired) electrons. The first-order valence-corrected chi connectivity index (χ1v) is 15.5. The van der Waals surface area contributed by atoms with Crippen molar-refractivity contribution in [3.8, 4) is 0 Å². The average Bonchev–Trinajstić information content (AvgIpc) is 2.83. The summed E-state index contributed by atoms with van der Waals surface area (Å²) in [5.74, 6) is -0.927. The van der Waals surface area contributed by atoms with Gasteiger partial charge in [0.25, 0.3) is 0 Å². The van der Waals surface area contributed by atoms with E-state index in [0.29, 0.717) is 30.2 Å². The number of amides is 1. The number of aliphatic hydroxyl groups excluding tert-OH is 2. The normalized spacial score (nSPS) is 40.5. The third kappa shape index (κ3) is 7.19. The molecule has 5 nitrogen and oxygen atoms in total. The number of nitrogens with two attached hydrogens (primary N) is 1. The lowest BCUT2D eigenvalue weighted by Crippen LogP contribution is -2.58. The number of carbonyl (C=O) groups excluding carboxylic acids is 2. The van der Waals surface area contributed by atoms with Crippen molar-refractivity contribution < 1.29 is 33.0 Å². The number of aliphatic hydroxyl groups is 2. The number of rotatable bonds is 6. The Balaban J connectivity index is 2.01. The van der Waals surface area contributed by atoms with Crippen molar-refractivity contribution in [2.75, 3.05) is 0 Å². The van der Waals surface area contributed by atoms with Gasteiger partial charge in [-0.2, -0.15) is 13.2 Å². The zero-order chi connectivity index (χ0) is 31.2. The van der Waals surface area contributed by atoms with Crippen LogP contribution in [0, 0.1) is 33.0 Å². The first-order valence-electron chi connectivity index (χ1n) is 14.6. The molecule has 0 aromatic heterocycles. The number of fused-ring (bicyclic) bond motifs is 3. The fraction of sp³-hybridized carbons (Fsp3) is 0.750. The molecule has 3 aliphatic carbocycles. The minimum Gasteiger partial charge on any atom is -0.504 e. The summed E-state index contributed by atoms with van der Waals surface area (Å²) in [7, 11) is 0. The van der Waals surface area contributed by atoms with Gasteiger partial charge in [-0.3, -0.25) is 9.59 Å². The van der Waals surface area contributed by atoms with Crippen molar-refractivity contribution in [1.82, 2.24) is 0 Å². The predicted octanol–water partition coefficient (Wildman–Crippen LogP) is 8.71. The van der Waals surface area contributed by atoms with E-state index in [2.05, 4.69) is 27.7 Å². The van der Waals surface area contributed by atoms with E-state index < -0.39 is 33.8 Å². The summed E-state index contributed by atoms with van der Waals surface area (Å²) in [4.78, 5) is 24.5. The summed E-state index contributed by atoms with van der Waals surface area (Å²) >= 11 is 0.679. The lowest BCUT2D eigenvalue weighted by molar-refractivity contribution is -0.155. The van der Waals surface area contributed by atoms with Gasteiger partial charge >= 0.3 is 6.18 Å². The second-order valence-electron chi connectivity index (χ2n) is 14.7. The Morgan fingerprint density at radius 1 is 1.07 bits per heavy atom. The molecule has 2 unspecified atom stereocenters. The monoisotopic (exact) mass is 599 g/mol. The van der Waals surface area contributed by atoms with E-state index in [1.54, 1.807) is 19.1 Å². The number of allylic oxidation sites excluding steroid dienone is 3. The highest BCUT2D eigenvalue weighted by atomic mass is 32.2. The zero-order valence-electron chi connectivity index (χ0n) is 25.6. The highest BCUT2D eigenvalue weighted by Crippen LogP contribution is 2.70. The summed E-state index contributed by atoms with van der Waals surface area (Å²) in [5, 5.41) is 19.6. The molecule has 3 aliphatic rings. The maximum absolute atomic E-state index is 13.1. The molecular formula is C32H48F3NO4S. The molecule has 232 valence electrons. The van der Waals surface area contributed by atoms with Crippen LogP contribution in [-0.2, 0) is 9.59 Å². The molecule has 0 aromatic rings. The Hall–Kier alpha value is -1.90. The number of hydrogen-bond acceptors (Lipinski definition) is 5. The van der Waals surface area contributed by atoms with Crippen molar-refractivity contribution in [3.05, 3.63) is 35.3 Å². The first-order chi connectivity index (χ1) is 18.5. The standard InChI is InChI=1S/C32H48F3NO4S/c1-20-16-21(41-24(38)18-32(33,34)35)17-23-29(5,9-8-22(37)25(20)39)13-14-30(6)19-28(4,12-15-31(23,30)7)11-10-27(2,3)26(36)40/h8-9,16,21,23,37,39H,10-15,17-19H2,1-7H3,(H2,36,40)/b9-8-,20-16-,25-22-/t21?,23?,28-,29-,30+,31-/m1/s1. The van der Waals surface area contributed by atoms with Crippen molar-refractivity contribution in [2.24, 2.45) is 38.7 Å². The molecule has 0 saturated heterocycles. The largest absolute Gasteiger partial charge is 0.504 e. The SMILES string of the molecule is CC1=C/C(SC(=O)CC(F)(F)F)CC2[C@](C)(\C=C/C(O)=C\1O)CC[C@@]1(C)C[C@](C)(CCC(C)(C)C(N)=O)CC[C@]21C. The van der Waals surface area contributed by atoms with Crippen molar-refractivity contribution in [1.29, 1.82) is 0 Å². The Labute approximate surface area is 247 Å². The lowest BCUT2D eigenvalue weighted by Gasteiger charge is -2.66. The van der Waals surface area contributed by atoms with E-state index in [9.17, 15) is 33.0 Å². The molecule has 0 aliphatic heterocycles. The second-order valence-corrected chi connectivity index (χ2v) is 16.0. The van der Waals surface area contributed by atoms with Crippen LogP contribution in [-0.4, -0.2) is 32.7 Å². The van der Waals surface area contributed by atoms with Crippen LogP contribution < -0.4 is 5.73 Å². The van der Waals surface area contributed by atoms with Crippen LogP contribution in [0.4, 0.5) is 13.2 Å². The number of halogens is 3. The van der Waals surface area contributed by atoms with Crippen LogP contribution in [0.2, 0.25) is 0 Å². The molecule has 4 N–H and O–H groups in total. The molecule has 2 fully saturated rings. The Kier molecular flexibility index (Phi) is 9.27. The molecule has 1 amide bonds. The molecule has 6 atom stereocenters. The van der Waals surface area contributed by atoms with Gasteiger partial charge in [0.1, 0.15) is 6.42 Å². The third-order valence-electron chi connectivity index (χ3n) is 11.0. The number of hydrogen-bond donors (Lipinski definition) is 3. The third-order valence-corrected chi connectivity index (χ3v) is 12.1. The molecule has 9 heteroatoms. The van der Waals surface area contributed by atoms with Crippen LogP contribution in [0.15, 0.2) is 35.3 Å². The number of primary amides is 1. The van der Waals surface area contributed by atoms with Gasteiger partial charge in [-0.05, 0) is 97.5 Å². The van der Waals surface area contributed by atoms with E-state index in [1.165, 1.54) is 0 Å². The highest BCUT2D eigenvalue weighted by Gasteiger charge is 2.61. The minimum absolute atomic E-state index is 0.00453. The summed E-state index contributed by atoms with van der Waals surface area (Å²) in [5.41, 5.74) is 4.72. The van der Waals surface area contributed by atoms with E-state index in [4.69, 9.17) is 5.73 Å². The van der Waals surface area contributed by atoms with Gasteiger partial charge in [0.15, 0.2) is 16.6 Å². The topological polar surface area (TPSA) is 101 Å². The minimum atomic E-state index is -4.59. The maximum atomic E-state index is 13.1. The van der Waals surface area contributed by atoms with Crippen LogP contribution in [0.5, 0.6) is 0 Å². The van der Waals surface area contributed by atoms with Crippen molar-refractivity contribution in [3.63, 3.8) is 0 Å². The van der Waals surface area contributed by atoms with E-state index in [1.807, 2.05) is 19.9 Å². The number of carbonyl (C=O) groups is 2. The van der Waals surface area contributed by atoms with Gasteiger partial charge in [-0.1, -0.05) is 65.5 Å². The lowest BCUT2D eigenvalue weighted by atomic mass is 9.39. The van der Waals surface area contributed by atoms with Crippen LogP contribution in [0.3, 0.4) is 0 Å². The van der Waals surface area contributed by atoms with Crippen molar-refractivity contribution in [2.45, 2.75) is 118 Å². The number of alkyl halides is 3. The predicted molar refractivity (Wildman–Crippen MR) is 158 cm³/mol. The second kappa shape index (κ2) is 11.3. The molecule has 0 aromatic carbocycles. The summed E-state index contributed by atoms with van der Waals surface area (Å²) in [6, 6.07) is 0. The van der Waals surface area contributed by atoms with Crippen LogP contribution in [0.1, 0.15) is 106 Å². The van der Waals surface area contributed by atoms with E-state index in [0.717, 1.165) is 38.5 Å². The molecule has 0 heterocycles. The van der Waals surface area contributed by atoms with Gasteiger partial charge in [-0.15, -0.1) is 0 Å².